The Morgan fingerprint density at radius 2 is 0.968 bits per heavy atom. The van der Waals surface area contributed by atoms with E-state index in [-0.39, 0.29) is 184 Å². The minimum atomic E-state index is -0.500. The zero-order chi connectivity index (χ0) is 63.0. The third-order valence-electron chi connectivity index (χ3n) is 26.7. The molecule has 16 bridgehead atoms. The number of esters is 6. The lowest BCUT2D eigenvalue weighted by molar-refractivity contribution is -0.193. The Labute approximate surface area is 572 Å². The molecule has 0 aliphatic heterocycles. The Hall–Kier alpha value is -3.96. The number of carbonyl (C=O) groups excluding carboxylic acids is 8. The summed E-state index contributed by atoms with van der Waals surface area (Å²) in [6.45, 7) is 18.4. The van der Waals surface area contributed by atoms with Crippen molar-refractivity contribution in [3.8, 4) is 0 Å². The van der Waals surface area contributed by atoms with Gasteiger partial charge in [-0.15, -0.1) is 0 Å². The van der Waals surface area contributed by atoms with Crippen LogP contribution >= 0.6 is 0 Å². The van der Waals surface area contributed by atoms with Gasteiger partial charge in [-0.3, -0.25) is 38.4 Å². The van der Waals surface area contributed by atoms with Crippen molar-refractivity contribution in [2.75, 3.05) is 33.6 Å². The maximum absolute atomic E-state index is 12.9. The molecule has 16 fully saturated rings. The highest BCUT2D eigenvalue weighted by Gasteiger charge is 2.67. The van der Waals surface area contributed by atoms with Gasteiger partial charge in [-0.1, -0.05) is 72.3 Å². The second kappa shape index (κ2) is 32.1. The first kappa shape index (κ1) is 80.0. The van der Waals surface area contributed by atoms with Crippen LogP contribution < -0.4 is 0 Å². The van der Waals surface area contributed by atoms with Crippen molar-refractivity contribution in [2.45, 2.75) is 273 Å². The summed E-state index contributed by atoms with van der Waals surface area (Å²) in [4.78, 5) is 101. The standard InChI is InChI=1S/C26H38O6.C24H34O6.C22H34O5.6CH4/c1-4-25(2,3)24(29)32-21-10-15-8-19(21)20(9-15)23(28)31-14-30-13-26-11-16-5-17(12-26)7-18(6-16)22(26)27;1-3-12(2)23(26)30-20-9-14-6-17(20)18(7-14)24(27)29-11-28-22-16-5-13-4-15(10-16)21(25)19(22)8-13;1-5-22(3,4)21(24)27-17-10-13-9-16(17)19-14-7-12(18(13)19)8-15(14)20(23)26-11-25-6-2;;;;;;/h15-21H,4-14H2,1-3H3;12-20,22H,3-11H2,1-2H3;12-19H,5-11H2,1-4H3;6*1H4. The number of rotatable bonds is 22. The molecule has 0 aromatic rings. The summed E-state index contributed by atoms with van der Waals surface area (Å²) in [7, 11) is 0. The summed E-state index contributed by atoms with van der Waals surface area (Å²) >= 11 is 0. The first-order valence-corrected chi connectivity index (χ1v) is 35.5. The average Bonchev–Trinajstić information content (AvgIpc) is 1.59. The Morgan fingerprint density at radius 3 is 1.52 bits per heavy atom. The van der Waals surface area contributed by atoms with Gasteiger partial charge >= 0.3 is 35.8 Å². The minimum Gasteiger partial charge on any atom is -0.462 e. The summed E-state index contributed by atoms with van der Waals surface area (Å²) < 4.78 is 51.0. The monoisotopic (exact) mass is 1340 g/mol. The van der Waals surface area contributed by atoms with Crippen LogP contribution in [0.5, 0.6) is 0 Å². The smallest absolute Gasteiger partial charge is 0.311 e. The fourth-order valence-corrected chi connectivity index (χ4v) is 21.6. The van der Waals surface area contributed by atoms with Crippen molar-refractivity contribution >= 4 is 47.4 Å². The van der Waals surface area contributed by atoms with Gasteiger partial charge in [-0.05, 0) is 247 Å². The van der Waals surface area contributed by atoms with E-state index in [2.05, 4.69) is 0 Å². The highest BCUT2D eigenvalue weighted by atomic mass is 16.7. The number of hydrogen-bond donors (Lipinski definition) is 0. The summed E-state index contributed by atoms with van der Waals surface area (Å²) in [5.74, 6) is 6.68. The summed E-state index contributed by atoms with van der Waals surface area (Å²) in [6.07, 6.45) is 20.8. The fraction of sp³-hybridized carbons (Fsp3) is 0.897. The molecule has 16 aliphatic rings. The molecule has 0 heterocycles. The molecule has 0 aromatic carbocycles. The van der Waals surface area contributed by atoms with Gasteiger partial charge in [-0.2, -0.15) is 0 Å². The van der Waals surface area contributed by atoms with Crippen LogP contribution in [0.25, 0.3) is 0 Å². The molecule has 0 spiro atoms. The second-order valence-electron chi connectivity index (χ2n) is 32.6. The maximum atomic E-state index is 12.9. The quantitative estimate of drug-likeness (QED) is 0.0323. The minimum absolute atomic E-state index is 0. The van der Waals surface area contributed by atoms with Crippen molar-refractivity contribution in [3.63, 3.8) is 0 Å². The highest BCUT2D eigenvalue weighted by Crippen LogP contribution is 2.69. The molecule has 17 heteroatoms. The van der Waals surface area contributed by atoms with Gasteiger partial charge in [0.05, 0.1) is 52.6 Å². The zero-order valence-corrected chi connectivity index (χ0v) is 55.0. The van der Waals surface area contributed by atoms with E-state index >= 15 is 0 Å². The number of ether oxygens (including phenoxy) is 9. The third kappa shape index (κ3) is 15.7. The number of hydrogen-bond acceptors (Lipinski definition) is 17. The molecule has 0 saturated heterocycles. The van der Waals surface area contributed by atoms with E-state index in [0.29, 0.717) is 89.9 Å². The maximum Gasteiger partial charge on any atom is 0.311 e. The van der Waals surface area contributed by atoms with Crippen LogP contribution in [-0.2, 0) is 81.0 Å². The summed E-state index contributed by atoms with van der Waals surface area (Å²) in [5, 5.41) is 0. The first-order valence-electron chi connectivity index (χ1n) is 35.5. The van der Waals surface area contributed by atoms with E-state index < -0.39 is 10.8 Å². The zero-order valence-electron chi connectivity index (χ0n) is 55.0. The highest BCUT2D eigenvalue weighted by molar-refractivity contribution is 5.89. The molecule has 16 rings (SSSR count). The Balaban J connectivity index is 0.000000219. The van der Waals surface area contributed by atoms with Gasteiger partial charge in [0.1, 0.15) is 29.9 Å². The van der Waals surface area contributed by atoms with Gasteiger partial charge in [0.25, 0.3) is 0 Å². The van der Waals surface area contributed by atoms with Gasteiger partial charge < -0.3 is 42.6 Å². The average molecular weight is 1340 g/mol. The van der Waals surface area contributed by atoms with Crippen LogP contribution in [0.3, 0.4) is 0 Å². The van der Waals surface area contributed by atoms with Crippen LogP contribution in [0.15, 0.2) is 0 Å². The van der Waals surface area contributed by atoms with E-state index in [1.54, 1.807) is 0 Å². The summed E-state index contributed by atoms with van der Waals surface area (Å²) in [5.41, 5.74) is -1.25. The largest absolute Gasteiger partial charge is 0.462 e. The number of ketones is 2. The number of carbonyl (C=O) groups is 8. The van der Waals surface area contributed by atoms with E-state index in [0.717, 1.165) is 134 Å². The van der Waals surface area contributed by atoms with Crippen LogP contribution in [-0.4, -0.2) is 105 Å². The predicted octanol–water partition coefficient (Wildman–Crippen LogP) is 15.4. The molecule has 16 saturated carbocycles. The topological polar surface area (TPSA) is 220 Å². The first-order chi connectivity index (χ1) is 42.5. The Kier molecular flexibility index (Phi) is 27.1. The van der Waals surface area contributed by atoms with Crippen LogP contribution in [0.4, 0.5) is 0 Å². The molecule has 0 amide bonds. The fourth-order valence-electron chi connectivity index (χ4n) is 21.6. The van der Waals surface area contributed by atoms with E-state index in [9.17, 15) is 38.4 Å². The molecule has 0 aromatic heterocycles. The number of fused-ring (bicyclic) bond motifs is 13. The third-order valence-corrected chi connectivity index (χ3v) is 26.7. The van der Waals surface area contributed by atoms with E-state index in [1.165, 1.54) is 12.8 Å². The molecule has 16 aliphatic carbocycles. The number of Topliss-reactive ketones (excluding diaryl/α,β-unsaturated/α-hetero) is 2. The van der Waals surface area contributed by atoms with Crippen molar-refractivity contribution in [2.24, 2.45) is 141 Å². The summed E-state index contributed by atoms with van der Waals surface area (Å²) in [6, 6.07) is 0. The predicted molar refractivity (Wildman–Crippen MR) is 363 cm³/mol. The molecule has 95 heavy (non-hydrogen) atoms. The lowest BCUT2D eigenvalue weighted by Gasteiger charge is -2.55. The molecule has 17 nitrogen and oxygen atoms in total. The second-order valence-corrected chi connectivity index (χ2v) is 32.6. The Bertz CT molecular complexity index is 2650. The van der Waals surface area contributed by atoms with Crippen LogP contribution in [0.2, 0.25) is 0 Å². The van der Waals surface area contributed by atoms with Gasteiger partial charge in [0, 0.05) is 36.2 Å². The molecular formula is C78H130O17. The SMILES string of the molecule is C.C.C.C.C.C.CCC(C)(C)C(=O)OC1CC2CC(C(=O)OCOCC34CC5CC(CC(C5)C3=O)C4)C1C2.CCC(C)C(=O)OC1CC2CC(C(=O)OCOC3C4CC5CC(C4)C(=O)C3C5)C1C2.CCOCOC(=O)C1CC2CC1C1C3CC(CC3OC(=O)C(C)(C)CC)C21. The van der Waals surface area contributed by atoms with Gasteiger partial charge in [0.15, 0.2) is 20.4 Å². The van der Waals surface area contributed by atoms with Crippen molar-refractivity contribution in [1.82, 2.24) is 0 Å². The van der Waals surface area contributed by atoms with Crippen molar-refractivity contribution in [3.05, 3.63) is 0 Å². The molecule has 24 atom stereocenters. The molecule has 0 N–H and O–H groups in total. The molecule has 24 unspecified atom stereocenters. The van der Waals surface area contributed by atoms with Gasteiger partial charge in [0.2, 0.25) is 0 Å². The lowest BCUT2D eigenvalue weighted by Crippen LogP contribution is -2.55. The normalized spacial score (nSPS) is 39.9. The van der Waals surface area contributed by atoms with Gasteiger partial charge in [-0.25, -0.2) is 0 Å². The van der Waals surface area contributed by atoms with E-state index in [1.807, 2.05) is 62.3 Å². The molecule has 544 valence electrons. The van der Waals surface area contributed by atoms with Crippen LogP contribution in [0.1, 0.15) is 248 Å². The van der Waals surface area contributed by atoms with E-state index in [4.69, 9.17) is 42.6 Å². The molecule has 0 radical (unpaired) electrons. The Morgan fingerprint density at radius 1 is 0.474 bits per heavy atom. The van der Waals surface area contributed by atoms with Crippen molar-refractivity contribution in [1.29, 1.82) is 0 Å². The lowest BCUT2D eigenvalue weighted by atomic mass is 9.49. The van der Waals surface area contributed by atoms with Crippen LogP contribution in [0, 0.1) is 141 Å². The molecular weight excluding hydrogens is 1210 g/mol. The van der Waals surface area contributed by atoms with Crippen molar-refractivity contribution < 1.29 is 81.0 Å².